The predicted octanol–water partition coefficient (Wildman–Crippen LogP) is 3.76. The molecule has 0 unspecified atom stereocenters. The fourth-order valence-corrected chi connectivity index (χ4v) is 2.96. The van der Waals surface area contributed by atoms with Crippen LogP contribution in [0.2, 0.25) is 5.02 Å². The summed E-state index contributed by atoms with van der Waals surface area (Å²) in [6.45, 7) is 0.879. The molecule has 5 nitrogen and oxygen atoms in total. The Kier molecular flexibility index (Phi) is 3.08. The van der Waals surface area contributed by atoms with Crippen LogP contribution in [0, 0.1) is 0 Å². The number of ether oxygens (including phenoxy) is 1. The van der Waals surface area contributed by atoms with Crippen LogP contribution in [0.25, 0.3) is 17.1 Å². The summed E-state index contributed by atoms with van der Waals surface area (Å²) in [6.07, 6.45) is 2.57. The van der Waals surface area contributed by atoms with E-state index in [4.69, 9.17) is 25.9 Å². The molecule has 0 bridgehead atoms. The van der Waals surface area contributed by atoms with Gasteiger partial charge in [-0.15, -0.1) is 0 Å². The highest BCUT2D eigenvalue weighted by atomic mass is 35.5. The quantitative estimate of drug-likeness (QED) is 0.799. The fourth-order valence-electron chi connectivity index (χ4n) is 2.79. The lowest BCUT2D eigenvalue weighted by molar-refractivity contribution is 0.412. The Morgan fingerprint density at radius 2 is 2.27 bits per heavy atom. The second-order valence-electron chi connectivity index (χ2n) is 5.06. The molecule has 1 N–H and O–H groups in total. The van der Waals surface area contributed by atoms with E-state index >= 15 is 0 Å². The van der Waals surface area contributed by atoms with Crippen LogP contribution in [0.3, 0.4) is 0 Å². The molecule has 0 atom stereocenters. The first-order valence-electron chi connectivity index (χ1n) is 7.01. The Balaban J connectivity index is 1.94. The molecule has 6 heteroatoms. The molecule has 0 aliphatic carbocycles. The van der Waals surface area contributed by atoms with Crippen LogP contribution < -0.4 is 10.1 Å². The molecule has 1 aromatic carbocycles. The Hall–Kier alpha value is -2.40. The number of hydrogen-bond acceptors (Lipinski definition) is 4. The third-order valence-corrected chi connectivity index (χ3v) is 4.01. The summed E-state index contributed by atoms with van der Waals surface area (Å²) in [5, 5.41) is 8.73. The molecular formula is C16H14ClN3O2. The molecule has 0 fully saturated rings. The van der Waals surface area contributed by atoms with Crippen LogP contribution >= 0.6 is 11.6 Å². The average molecular weight is 316 g/mol. The van der Waals surface area contributed by atoms with Gasteiger partial charge in [-0.2, -0.15) is 5.10 Å². The van der Waals surface area contributed by atoms with E-state index in [1.54, 1.807) is 19.4 Å². The summed E-state index contributed by atoms with van der Waals surface area (Å²) in [7, 11) is 1.64. The summed E-state index contributed by atoms with van der Waals surface area (Å²) in [5.41, 5.74) is 2.81. The van der Waals surface area contributed by atoms with E-state index in [1.807, 2.05) is 28.9 Å². The highest BCUT2D eigenvalue weighted by molar-refractivity contribution is 6.30. The number of rotatable bonds is 3. The lowest BCUT2D eigenvalue weighted by atomic mass is 10.2. The molecule has 3 aromatic rings. The zero-order chi connectivity index (χ0) is 15.1. The van der Waals surface area contributed by atoms with Crippen molar-refractivity contribution in [3.63, 3.8) is 0 Å². The number of nitrogens with zero attached hydrogens (tertiary/aromatic N) is 2. The van der Waals surface area contributed by atoms with Crippen molar-refractivity contribution in [1.82, 2.24) is 9.78 Å². The van der Waals surface area contributed by atoms with Gasteiger partial charge in [0.05, 0.1) is 13.4 Å². The molecule has 3 heterocycles. The molecule has 22 heavy (non-hydrogen) atoms. The van der Waals surface area contributed by atoms with E-state index in [2.05, 4.69) is 5.32 Å². The van der Waals surface area contributed by atoms with Gasteiger partial charge >= 0.3 is 0 Å². The van der Waals surface area contributed by atoms with Crippen LogP contribution in [-0.4, -0.2) is 23.4 Å². The van der Waals surface area contributed by atoms with Crippen molar-refractivity contribution in [2.75, 3.05) is 19.0 Å². The SMILES string of the molecule is COc1ccc(Cl)cc1-n1nc(-c2ccco2)c2c1NCC2. The number of nitrogens with one attached hydrogen (secondary N) is 1. The highest BCUT2D eigenvalue weighted by Gasteiger charge is 2.26. The lowest BCUT2D eigenvalue weighted by Crippen LogP contribution is -2.05. The number of fused-ring (bicyclic) bond motifs is 1. The number of aromatic nitrogens is 2. The maximum Gasteiger partial charge on any atom is 0.154 e. The van der Waals surface area contributed by atoms with Gasteiger partial charge in [0.2, 0.25) is 0 Å². The number of furan rings is 1. The normalized spacial score (nSPS) is 13.0. The fraction of sp³-hybridized carbons (Fsp3) is 0.188. The van der Waals surface area contributed by atoms with Crippen LogP contribution in [0.1, 0.15) is 5.56 Å². The third-order valence-electron chi connectivity index (χ3n) is 3.77. The Morgan fingerprint density at radius 3 is 3.05 bits per heavy atom. The van der Waals surface area contributed by atoms with Crippen molar-refractivity contribution in [2.24, 2.45) is 0 Å². The zero-order valence-electron chi connectivity index (χ0n) is 12.0. The predicted molar refractivity (Wildman–Crippen MR) is 85.0 cm³/mol. The minimum atomic E-state index is 0.637. The first kappa shape index (κ1) is 13.3. The van der Waals surface area contributed by atoms with Gasteiger partial charge < -0.3 is 14.5 Å². The second kappa shape index (κ2) is 5.10. The van der Waals surface area contributed by atoms with Gasteiger partial charge in [0.1, 0.15) is 22.9 Å². The second-order valence-corrected chi connectivity index (χ2v) is 5.49. The molecule has 4 rings (SSSR count). The summed E-state index contributed by atoms with van der Waals surface area (Å²) >= 11 is 6.15. The van der Waals surface area contributed by atoms with Gasteiger partial charge in [-0.05, 0) is 36.8 Å². The van der Waals surface area contributed by atoms with Crippen molar-refractivity contribution in [1.29, 1.82) is 0 Å². The van der Waals surface area contributed by atoms with E-state index in [1.165, 1.54) is 0 Å². The molecule has 0 radical (unpaired) electrons. The number of hydrogen-bond donors (Lipinski definition) is 1. The summed E-state index contributed by atoms with van der Waals surface area (Å²) < 4.78 is 12.8. The van der Waals surface area contributed by atoms with Crippen molar-refractivity contribution >= 4 is 17.4 Å². The molecule has 0 amide bonds. The topological polar surface area (TPSA) is 52.2 Å². The van der Waals surface area contributed by atoms with Crippen molar-refractivity contribution in [3.05, 3.63) is 47.2 Å². The monoisotopic (exact) mass is 315 g/mol. The Bertz CT molecular complexity index is 824. The van der Waals surface area contributed by atoms with Gasteiger partial charge in [0.15, 0.2) is 5.76 Å². The van der Waals surface area contributed by atoms with Crippen LogP contribution in [0.5, 0.6) is 5.75 Å². The lowest BCUT2D eigenvalue weighted by Gasteiger charge is -2.11. The standard InChI is InChI=1S/C16H14ClN3O2/c1-21-13-5-4-10(17)9-12(13)20-16-11(6-7-18-16)15(19-20)14-3-2-8-22-14/h2-5,8-9,18H,6-7H2,1H3. The largest absolute Gasteiger partial charge is 0.494 e. The first-order chi connectivity index (χ1) is 10.8. The molecule has 0 saturated carbocycles. The maximum atomic E-state index is 6.15. The van der Waals surface area contributed by atoms with E-state index in [0.29, 0.717) is 5.02 Å². The van der Waals surface area contributed by atoms with Gasteiger partial charge in [-0.1, -0.05) is 11.6 Å². The van der Waals surface area contributed by atoms with E-state index in [9.17, 15) is 0 Å². The van der Waals surface area contributed by atoms with Crippen LogP contribution in [0.4, 0.5) is 5.82 Å². The Labute approximate surface area is 132 Å². The number of anilines is 1. The van der Waals surface area contributed by atoms with Crippen molar-refractivity contribution in [3.8, 4) is 22.9 Å². The Morgan fingerprint density at radius 1 is 1.36 bits per heavy atom. The van der Waals surface area contributed by atoms with Gasteiger partial charge in [0.25, 0.3) is 0 Å². The minimum absolute atomic E-state index is 0.637. The number of benzene rings is 1. The maximum absolute atomic E-state index is 6.15. The van der Waals surface area contributed by atoms with Gasteiger partial charge in [-0.25, -0.2) is 4.68 Å². The smallest absolute Gasteiger partial charge is 0.154 e. The molecule has 2 aromatic heterocycles. The third kappa shape index (κ3) is 1.97. The number of halogens is 1. The van der Waals surface area contributed by atoms with Gasteiger partial charge in [0, 0.05) is 17.1 Å². The summed E-state index contributed by atoms with van der Waals surface area (Å²) in [6, 6.07) is 9.27. The average Bonchev–Trinajstić information content (AvgIpc) is 3.24. The first-order valence-corrected chi connectivity index (χ1v) is 7.39. The highest BCUT2D eigenvalue weighted by Crippen LogP contribution is 2.37. The molecular weight excluding hydrogens is 302 g/mol. The molecule has 0 saturated heterocycles. The van der Waals surface area contributed by atoms with Crippen molar-refractivity contribution < 1.29 is 9.15 Å². The van der Waals surface area contributed by atoms with Crippen LogP contribution in [0.15, 0.2) is 41.0 Å². The van der Waals surface area contributed by atoms with E-state index < -0.39 is 0 Å². The zero-order valence-corrected chi connectivity index (χ0v) is 12.7. The molecule has 1 aliphatic heterocycles. The minimum Gasteiger partial charge on any atom is -0.494 e. The summed E-state index contributed by atoms with van der Waals surface area (Å²) in [5.74, 6) is 2.45. The molecule has 0 spiro atoms. The molecule has 112 valence electrons. The van der Waals surface area contributed by atoms with Crippen LogP contribution in [-0.2, 0) is 6.42 Å². The van der Waals surface area contributed by atoms with E-state index in [0.717, 1.165) is 47.2 Å². The summed E-state index contributed by atoms with van der Waals surface area (Å²) in [4.78, 5) is 0. The van der Waals surface area contributed by atoms with Crippen molar-refractivity contribution in [2.45, 2.75) is 6.42 Å². The van der Waals surface area contributed by atoms with E-state index in [-0.39, 0.29) is 0 Å². The number of methoxy groups -OCH3 is 1. The van der Waals surface area contributed by atoms with Gasteiger partial charge in [-0.3, -0.25) is 0 Å². The molecule has 1 aliphatic rings.